The molecule has 2 aromatic carbocycles. The third kappa shape index (κ3) is 6.53. The minimum Gasteiger partial charge on any atom is -0.445 e. The van der Waals surface area contributed by atoms with Crippen molar-refractivity contribution < 1.29 is 14.3 Å². The van der Waals surface area contributed by atoms with Crippen LogP contribution in [0.15, 0.2) is 54.6 Å². The highest BCUT2D eigenvalue weighted by atomic mass is 16.6. The molecule has 2 atom stereocenters. The van der Waals surface area contributed by atoms with Gasteiger partial charge < -0.3 is 15.4 Å². The first-order valence-electron chi connectivity index (χ1n) is 14.2. The maximum atomic E-state index is 13.2. The molecule has 5 rings (SSSR count). The Bertz CT molecular complexity index is 1040. The van der Waals surface area contributed by atoms with Gasteiger partial charge in [0.2, 0.25) is 5.91 Å². The fourth-order valence-electron chi connectivity index (χ4n) is 6.84. The van der Waals surface area contributed by atoms with E-state index in [1.54, 1.807) is 6.07 Å². The number of rotatable bonds is 9. The van der Waals surface area contributed by atoms with Crippen LogP contribution in [0.3, 0.4) is 0 Å². The summed E-state index contributed by atoms with van der Waals surface area (Å²) in [5.41, 5.74) is 8.38. The van der Waals surface area contributed by atoms with Crippen LogP contribution in [-0.4, -0.2) is 53.5 Å². The van der Waals surface area contributed by atoms with Crippen LogP contribution in [0, 0.1) is 5.92 Å². The van der Waals surface area contributed by atoms with E-state index in [0.29, 0.717) is 36.1 Å². The van der Waals surface area contributed by atoms with Gasteiger partial charge in [0.1, 0.15) is 6.61 Å². The Hall–Kier alpha value is -2.86. The SMILES string of the molecule is NC(=O)c1cccc(C2CC3CCC(C2)N3CCN(CC2CCCCC2)C(=O)OCc2ccccc2)c1. The van der Waals surface area contributed by atoms with Gasteiger partial charge in [-0.15, -0.1) is 0 Å². The fraction of sp³-hybridized carbons (Fsp3) is 0.548. The number of primary amides is 1. The molecular formula is C31H41N3O3. The third-order valence-electron chi connectivity index (χ3n) is 8.82. The van der Waals surface area contributed by atoms with Gasteiger partial charge in [0.25, 0.3) is 0 Å². The summed E-state index contributed by atoms with van der Waals surface area (Å²) in [4.78, 5) is 29.5. The van der Waals surface area contributed by atoms with Gasteiger partial charge in [-0.1, -0.05) is 61.7 Å². The Morgan fingerprint density at radius 1 is 0.919 bits per heavy atom. The second-order valence-corrected chi connectivity index (χ2v) is 11.3. The van der Waals surface area contributed by atoms with Gasteiger partial charge in [-0.3, -0.25) is 9.69 Å². The Labute approximate surface area is 221 Å². The van der Waals surface area contributed by atoms with Crippen LogP contribution in [0.2, 0.25) is 0 Å². The molecule has 1 saturated carbocycles. The van der Waals surface area contributed by atoms with Crippen molar-refractivity contribution >= 4 is 12.0 Å². The van der Waals surface area contributed by atoms with Crippen molar-refractivity contribution in [2.45, 2.75) is 82.4 Å². The number of carbonyl (C=O) groups excluding carboxylic acids is 2. The number of benzene rings is 2. The van der Waals surface area contributed by atoms with Crippen molar-refractivity contribution in [2.24, 2.45) is 11.7 Å². The number of nitrogens with two attached hydrogens (primary N) is 1. The number of carbonyl (C=O) groups is 2. The lowest BCUT2D eigenvalue weighted by molar-refractivity contribution is 0.0692. The van der Waals surface area contributed by atoms with Crippen LogP contribution in [0.1, 0.15) is 85.2 Å². The molecule has 2 saturated heterocycles. The van der Waals surface area contributed by atoms with Crippen molar-refractivity contribution in [3.8, 4) is 0 Å². The highest BCUT2D eigenvalue weighted by molar-refractivity contribution is 5.92. The minimum atomic E-state index is -0.362. The van der Waals surface area contributed by atoms with Gasteiger partial charge in [0, 0.05) is 37.3 Å². The maximum absolute atomic E-state index is 13.2. The maximum Gasteiger partial charge on any atom is 0.410 e. The first-order valence-corrected chi connectivity index (χ1v) is 14.2. The molecule has 2 unspecified atom stereocenters. The second kappa shape index (κ2) is 12.1. The average Bonchev–Trinajstić information content (AvgIpc) is 3.16. The first kappa shape index (κ1) is 25.8. The number of hydrogen-bond acceptors (Lipinski definition) is 4. The molecule has 198 valence electrons. The van der Waals surface area contributed by atoms with E-state index in [-0.39, 0.29) is 12.0 Å². The smallest absolute Gasteiger partial charge is 0.410 e. The van der Waals surface area contributed by atoms with Crippen LogP contribution in [0.25, 0.3) is 0 Å². The zero-order chi connectivity index (χ0) is 25.6. The lowest BCUT2D eigenvalue weighted by atomic mass is 9.84. The van der Waals surface area contributed by atoms with Gasteiger partial charge in [-0.05, 0) is 73.6 Å². The minimum absolute atomic E-state index is 0.181. The van der Waals surface area contributed by atoms with E-state index in [4.69, 9.17) is 10.5 Å². The van der Waals surface area contributed by atoms with Gasteiger partial charge in [0.15, 0.2) is 0 Å². The predicted molar refractivity (Wildman–Crippen MR) is 145 cm³/mol. The van der Waals surface area contributed by atoms with E-state index in [9.17, 15) is 9.59 Å². The van der Waals surface area contributed by atoms with Gasteiger partial charge in [-0.25, -0.2) is 4.79 Å². The molecule has 2 aliphatic heterocycles. The normalized spacial score (nSPS) is 24.1. The summed E-state index contributed by atoms with van der Waals surface area (Å²) in [5, 5.41) is 0. The average molecular weight is 504 g/mol. The number of piperidine rings is 1. The van der Waals surface area contributed by atoms with E-state index in [2.05, 4.69) is 11.0 Å². The number of fused-ring (bicyclic) bond motifs is 2. The van der Waals surface area contributed by atoms with E-state index in [0.717, 1.165) is 38.0 Å². The summed E-state index contributed by atoms with van der Waals surface area (Å²) in [6.45, 7) is 2.75. The Morgan fingerprint density at radius 2 is 1.65 bits per heavy atom. The van der Waals surface area contributed by atoms with Crippen molar-refractivity contribution in [3.63, 3.8) is 0 Å². The molecule has 2 N–H and O–H groups in total. The fourth-order valence-corrected chi connectivity index (χ4v) is 6.84. The van der Waals surface area contributed by atoms with Gasteiger partial charge in [-0.2, -0.15) is 0 Å². The molecule has 2 bridgehead atoms. The van der Waals surface area contributed by atoms with Crippen LogP contribution in [0.4, 0.5) is 4.79 Å². The highest BCUT2D eigenvalue weighted by Crippen LogP contribution is 2.43. The highest BCUT2D eigenvalue weighted by Gasteiger charge is 2.41. The summed E-state index contributed by atoms with van der Waals surface area (Å²) < 4.78 is 5.78. The summed E-state index contributed by atoms with van der Waals surface area (Å²) in [6, 6.07) is 18.9. The van der Waals surface area contributed by atoms with Crippen LogP contribution < -0.4 is 5.73 Å². The number of nitrogens with zero attached hydrogens (tertiary/aromatic N) is 2. The zero-order valence-electron chi connectivity index (χ0n) is 21.9. The quantitative estimate of drug-likeness (QED) is 0.475. The molecule has 6 nitrogen and oxygen atoms in total. The van der Waals surface area contributed by atoms with E-state index < -0.39 is 0 Å². The molecule has 2 heterocycles. The molecule has 0 spiro atoms. The standard InChI is InChI=1S/C31H41N3O3/c32-30(35)26-13-7-12-25(18-26)27-19-28-14-15-29(20-27)34(28)17-16-33(21-23-8-3-1-4-9-23)31(36)37-22-24-10-5-2-6-11-24/h2,5-7,10-13,18,23,27-29H,1,3-4,8-9,14-17,19-22H2,(H2,32,35). The lowest BCUT2D eigenvalue weighted by Crippen LogP contribution is -2.47. The van der Waals surface area contributed by atoms with Crippen molar-refractivity contribution in [1.29, 1.82) is 0 Å². The first-order chi connectivity index (χ1) is 18.1. The van der Waals surface area contributed by atoms with E-state index in [1.165, 1.54) is 50.5 Å². The zero-order valence-corrected chi connectivity index (χ0v) is 21.9. The molecule has 3 aliphatic rings. The Morgan fingerprint density at radius 3 is 2.35 bits per heavy atom. The Balaban J connectivity index is 1.20. The van der Waals surface area contributed by atoms with Crippen molar-refractivity contribution in [2.75, 3.05) is 19.6 Å². The molecule has 2 amide bonds. The third-order valence-corrected chi connectivity index (χ3v) is 8.82. The van der Waals surface area contributed by atoms with E-state index in [1.807, 2.05) is 47.4 Å². The molecule has 37 heavy (non-hydrogen) atoms. The molecule has 6 heteroatoms. The topological polar surface area (TPSA) is 75.9 Å². The van der Waals surface area contributed by atoms with Gasteiger partial charge >= 0.3 is 6.09 Å². The largest absolute Gasteiger partial charge is 0.445 e. The summed E-state index contributed by atoms with van der Waals surface area (Å²) in [5.74, 6) is 0.680. The number of ether oxygens (including phenoxy) is 1. The molecule has 0 radical (unpaired) electrons. The monoisotopic (exact) mass is 503 g/mol. The van der Waals surface area contributed by atoms with E-state index >= 15 is 0 Å². The summed E-state index contributed by atoms with van der Waals surface area (Å²) in [6.07, 6.45) is 10.7. The Kier molecular flexibility index (Phi) is 8.45. The molecule has 2 aromatic rings. The lowest BCUT2D eigenvalue weighted by Gasteiger charge is -2.40. The number of hydrogen-bond donors (Lipinski definition) is 1. The number of amides is 2. The summed E-state index contributed by atoms with van der Waals surface area (Å²) >= 11 is 0. The van der Waals surface area contributed by atoms with Crippen LogP contribution in [0.5, 0.6) is 0 Å². The van der Waals surface area contributed by atoms with Crippen LogP contribution in [-0.2, 0) is 11.3 Å². The molecule has 1 aliphatic carbocycles. The van der Waals surface area contributed by atoms with Crippen LogP contribution >= 0.6 is 0 Å². The van der Waals surface area contributed by atoms with Crippen molar-refractivity contribution in [1.82, 2.24) is 9.80 Å². The molecular weight excluding hydrogens is 462 g/mol. The predicted octanol–water partition coefficient (Wildman–Crippen LogP) is 5.72. The second-order valence-electron chi connectivity index (χ2n) is 11.3. The van der Waals surface area contributed by atoms with Crippen molar-refractivity contribution in [3.05, 3.63) is 71.3 Å². The summed E-state index contributed by atoms with van der Waals surface area (Å²) in [7, 11) is 0. The molecule has 0 aromatic heterocycles. The van der Waals surface area contributed by atoms with Gasteiger partial charge in [0.05, 0.1) is 0 Å². The molecule has 3 fully saturated rings.